The quantitative estimate of drug-likeness (QED) is 0.850. The second-order valence-electron chi connectivity index (χ2n) is 4.70. The summed E-state index contributed by atoms with van der Waals surface area (Å²) in [7, 11) is 0. The summed E-state index contributed by atoms with van der Waals surface area (Å²) >= 11 is 7.25. The van der Waals surface area contributed by atoms with E-state index < -0.39 is 0 Å². The number of hydrogen-bond donors (Lipinski definition) is 2. The van der Waals surface area contributed by atoms with Crippen molar-refractivity contribution >= 4 is 34.8 Å². The number of nitrogens with one attached hydrogen (secondary N) is 2. The molecule has 0 saturated heterocycles. The number of amides is 2. The Morgan fingerprint density at radius 2 is 1.82 bits per heavy atom. The summed E-state index contributed by atoms with van der Waals surface area (Å²) in [4.78, 5) is 25.0. The van der Waals surface area contributed by atoms with Crippen LogP contribution in [0.1, 0.15) is 23.0 Å². The average Bonchev–Trinajstić information content (AvgIpc) is 3.01. The van der Waals surface area contributed by atoms with Crippen LogP contribution in [-0.2, 0) is 4.79 Å². The zero-order valence-corrected chi connectivity index (χ0v) is 13.8. The molecule has 2 rings (SSSR count). The number of halogens is 1. The van der Waals surface area contributed by atoms with Crippen molar-refractivity contribution in [2.75, 3.05) is 13.1 Å². The van der Waals surface area contributed by atoms with E-state index in [0.29, 0.717) is 16.4 Å². The molecule has 0 aliphatic rings. The minimum Gasteiger partial charge on any atom is -0.355 e. The highest BCUT2D eigenvalue weighted by Gasteiger charge is 2.11. The monoisotopic (exact) mass is 336 g/mol. The van der Waals surface area contributed by atoms with Crippen molar-refractivity contribution in [3.8, 4) is 10.4 Å². The number of rotatable bonds is 6. The van der Waals surface area contributed by atoms with E-state index in [4.69, 9.17) is 11.6 Å². The zero-order valence-electron chi connectivity index (χ0n) is 12.2. The minimum atomic E-state index is -0.239. The Balaban J connectivity index is 1.94. The molecule has 0 unspecified atom stereocenters. The molecule has 2 amide bonds. The van der Waals surface area contributed by atoms with Crippen LogP contribution < -0.4 is 10.6 Å². The molecule has 0 fully saturated rings. The van der Waals surface area contributed by atoms with Crippen LogP contribution >= 0.6 is 22.9 Å². The van der Waals surface area contributed by atoms with Crippen LogP contribution in [-0.4, -0.2) is 24.9 Å². The van der Waals surface area contributed by atoms with Gasteiger partial charge in [0.25, 0.3) is 5.91 Å². The van der Waals surface area contributed by atoms with Gasteiger partial charge in [0.2, 0.25) is 5.91 Å². The largest absolute Gasteiger partial charge is 0.355 e. The molecule has 1 aromatic heterocycles. The second kappa shape index (κ2) is 7.96. The highest BCUT2D eigenvalue weighted by Crippen LogP contribution is 2.28. The fourth-order valence-corrected chi connectivity index (χ4v) is 2.86. The first kappa shape index (κ1) is 16.5. The first-order chi connectivity index (χ1) is 10.6. The third kappa shape index (κ3) is 4.58. The van der Waals surface area contributed by atoms with Gasteiger partial charge in [0.15, 0.2) is 0 Å². The molecule has 22 heavy (non-hydrogen) atoms. The summed E-state index contributed by atoms with van der Waals surface area (Å²) < 4.78 is 0. The Labute approximate surface area is 138 Å². The van der Waals surface area contributed by atoms with Crippen LogP contribution in [0.15, 0.2) is 36.4 Å². The molecule has 6 heteroatoms. The van der Waals surface area contributed by atoms with Crippen molar-refractivity contribution in [3.05, 3.63) is 46.3 Å². The van der Waals surface area contributed by atoms with Crippen LogP contribution in [0.3, 0.4) is 0 Å². The van der Waals surface area contributed by atoms with Crippen molar-refractivity contribution in [2.24, 2.45) is 0 Å². The molecule has 2 aromatic rings. The van der Waals surface area contributed by atoms with Gasteiger partial charge in [-0.25, -0.2) is 0 Å². The van der Waals surface area contributed by atoms with Crippen LogP contribution in [0, 0.1) is 0 Å². The molecular weight excluding hydrogens is 320 g/mol. The lowest BCUT2D eigenvalue weighted by atomic mass is 10.2. The van der Waals surface area contributed by atoms with E-state index in [0.717, 1.165) is 16.9 Å². The molecule has 4 nitrogen and oxygen atoms in total. The number of hydrogen-bond acceptors (Lipinski definition) is 3. The molecule has 0 radical (unpaired) electrons. The van der Waals surface area contributed by atoms with E-state index in [1.807, 2.05) is 37.3 Å². The van der Waals surface area contributed by atoms with Gasteiger partial charge in [0.05, 0.1) is 11.4 Å². The molecule has 0 bridgehead atoms. The zero-order chi connectivity index (χ0) is 15.9. The van der Waals surface area contributed by atoms with E-state index in [1.54, 1.807) is 6.07 Å². The lowest BCUT2D eigenvalue weighted by Gasteiger charge is -2.04. The Hall–Kier alpha value is -1.85. The standard InChI is InChI=1S/C16H17ClN2O2S/c1-2-9-18-15(20)10-19-16(21)14-8-7-13(22-14)11-3-5-12(17)6-4-11/h3-8H,2,9-10H2,1H3,(H,18,20)(H,19,21). The minimum absolute atomic E-state index is 0.00693. The Morgan fingerprint density at radius 3 is 2.50 bits per heavy atom. The molecule has 1 heterocycles. The maximum absolute atomic E-state index is 12.0. The van der Waals surface area contributed by atoms with Gasteiger partial charge in [-0.05, 0) is 36.2 Å². The van der Waals surface area contributed by atoms with Crippen LogP contribution in [0.5, 0.6) is 0 Å². The number of thiophene rings is 1. The van der Waals surface area contributed by atoms with E-state index >= 15 is 0 Å². The summed E-state index contributed by atoms with van der Waals surface area (Å²) in [5, 5.41) is 6.01. The maximum atomic E-state index is 12.0. The van der Waals surface area contributed by atoms with Gasteiger partial charge in [-0.1, -0.05) is 30.7 Å². The highest BCUT2D eigenvalue weighted by molar-refractivity contribution is 7.17. The molecule has 0 spiro atoms. The highest BCUT2D eigenvalue weighted by atomic mass is 35.5. The molecule has 116 valence electrons. The summed E-state index contributed by atoms with van der Waals surface area (Å²) in [5.74, 6) is -0.415. The van der Waals surface area contributed by atoms with Crippen molar-refractivity contribution in [1.29, 1.82) is 0 Å². The fraction of sp³-hybridized carbons (Fsp3) is 0.250. The number of carbonyl (C=O) groups excluding carboxylic acids is 2. The van der Waals surface area contributed by atoms with Gasteiger partial charge in [0.1, 0.15) is 0 Å². The molecule has 0 saturated carbocycles. The summed E-state index contributed by atoms with van der Waals surface area (Å²) in [6, 6.07) is 11.1. The van der Waals surface area contributed by atoms with Crippen molar-refractivity contribution in [3.63, 3.8) is 0 Å². The predicted molar refractivity (Wildman–Crippen MR) is 90.4 cm³/mol. The van der Waals surface area contributed by atoms with Gasteiger partial charge in [-0.2, -0.15) is 0 Å². The third-order valence-electron chi connectivity index (χ3n) is 2.94. The molecule has 1 aromatic carbocycles. The maximum Gasteiger partial charge on any atom is 0.261 e. The van der Waals surface area contributed by atoms with E-state index in [-0.39, 0.29) is 18.4 Å². The first-order valence-electron chi connectivity index (χ1n) is 7.01. The topological polar surface area (TPSA) is 58.2 Å². The van der Waals surface area contributed by atoms with Gasteiger partial charge in [-0.15, -0.1) is 11.3 Å². The fourth-order valence-electron chi connectivity index (χ4n) is 1.80. The van der Waals surface area contributed by atoms with Gasteiger partial charge < -0.3 is 10.6 Å². The molecular formula is C16H17ClN2O2S. The number of benzene rings is 1. The Morgan fingerprint density at radius 1 is 1.09 bits per heavy atom. The number of carbonyl (C=O) groups is 2. The second-order valence-corrected chi connectivity index (χ2v) is 6.22. The normalized spacial score (nSPS) is 10.3. The van der Waals surface area contributed by atoms with Crippen LogP contribution in [0.2, 0.25) is 5.02 Å². The van der Waals surface area contributed by atoms with Crippen molar-refractivity contribution in [1.82, 2.24) is 10.6 Å². The first-order valence-corrected chi connectivity index (χ1v) is 8.20. The van der Waals surface area contributed by atoms with Crippen molar-refractivity contribution < 1.29 is 9.59 Å². The molecule has 0 atom stereocenters. The lowest BCUT2D eigenvalue weighted by molar-refractivity contribution is -0.120. The molecule has 0 aliphatic heterocycles. The predicted octanol–water partition coefficient (Wildman–Crippen LogP) is 3.32. The molecule has 2 N–H and O–H groups in total. The van der Waals surface area contributed by atoms with Gasteiger partial charge >= 0.3 is 0 Å². The SMILES string of the molecule is CCCNC(=O)CNC(=O)c1ccc(-c2ccc(Cl)cc2)s1. The lowest BCUT2D eigenvalue weighted by Crippen LogP contribution is -2.36. The third-order valence-corrected chi connectivity index (χ3v) is 4.33. The van der Waals surface area contributed by atoms with Crippen molar-refractivity contribution in [2.45, 2.75) is 13.3 Å². The van der Waals surface area contributed by atoms with Crippen LogP contribution in [0.25, 0.3) is 10.4 Å². The average molecular weight is 337 g/mol. The Bertz CT molecular complexity index is 652. The summed E-state index contributed by atoms with van der Waals surface area (Å²) in [6.45, 7) is 2.59. The van der Waals surface area contributed by atoms with E-state index in [1.165, 1.54) is 11.3 Å². The van der Waals surface area contributed by atoms with E-state index in [2.05, 4.69) is 10.6 Å². The molecule has 0 aliphatic carbocycles. The van der Waals surface area contributed by atoms with Gasteiger partial charge in [-0.3, -0.25) is 9.59 Å². The van der Waals surface area contributed by atoms with Gasteiger partial charge in [0, 0.05) is 16.4 Å². The smallest absolute Gasteiger partial charge is 0.261 e. The summed E-state index contributed by atoms with van der Waals surface area (Å²) in [5.41, 5.74) is 1.01. The Kier molecular flexibility index (Phi) is 5.98. The van der Waals surface area contributed by atoms with Crippen LogP contribution in [0.4, 0.5) is 0 Å². The van der Waals surface area contributed by atoms with E-state index in [9.17, 15) is 9.59 Å². The summed E-state index contributed by atoms with van der Waals surface area (Å²) in [6.07, 6.45) is 0.870.